The molecular weight excluding hydrogens is 503 g/mol. The van der Waals surface area contributed by atoms with E-state index in [-0.39, 0.29) is 5.41 Å². The van der Waals surface area contributed by atoms with Crippen LogP contribution in [0.3, 0.4) is 0 Å². The molecule has 0 bridgehead atoms. The van der Waals surface area contributed by atoms with Gasteiger partial charge in [0.25, 0.3) is 0 Å². The van der Waals surface area contributed by atoms with Crippen molar-refractivity contribution in [2.24, 2.45) is 11.3 Å². The average Bonchev–Trinajstić information content (AvgIpc) is 3.00. The predicted octanol–water partition coefficient (Wildman–Crippen LogP) is 8.82. The molecule has 0 aromatic rings. The Morgan fingerprint density at radius 2 is 1.39 bits per heavy atom. The quantitative estimate of drug-likeness (QED) is 0.223. The van der Waals surface area contributed by atoms with Crippen LogP contribution in [-0.4, -0.2) is 45.5 Å². The summed E-state index contributed by atoms with van der Waals surface area (Å²) in [7, 11) is -1.24. The van der Waals surface area contributed by atoms with Crippen LogP contribution in [0.15, 0.2) is 11.3 Å². The topological polar surface area (TPSA) is 18.5 Å². The molecule has 1 saturated carbocycles. The molecule has 1 atom stereocenters. The van der Waals surface area contributed by atoms with Gasteiger partial charge in [-0.1, -0.05) is 0 Å². The minimum absolute atomic E-state index is 0.240. The number of rotatable bonds is 12. The van der Waals surface area contributed by atoms with Crippen LogP contribution in [0.5, 0.6) is 0 Å². The Labute approximate surface area is 200 Å². The first kappa shape index (κ1) is 27.9. The maximum atomic E-state index is 6.23. The molecule has 2 rings (SSSR count). The third-order valence-corrected chi connectivity index (χ3v) is 24.9. The Morgan fingerprint density at radius 3 is 1.81 bits per heavy atom. The van der Waals surface area contributed by atoms with Gasteiger partial charge in [-0.15, -0.1) is 0 Å². The van der Waals surface area contributed by atoms with Crippen LogP contribution in [0.1, 0.15) is 86.0 Å². The van der Waals surface area contributed by atoms with Crippen LogP contribution >= 0.6 is 0 Å². The first-order chi connectivity index (χ1) is 14.5. The predicted molar refractivity (Wildman–Crippen MR) is 142 cm³/mol. The van der Waals surface area contributed by atoms with Crippen molar-refractivity contribution >= 4 is 26.5 Å². The van der Waals surface area contributed by atoms with Crippen LogP contribution in [0.4, 0.5) is 0 Å². The van der Waals surface area contributed by atoms with E-state index in [0.29, 0.717) is 0 Å². The maximum absolute atomic E-state index is 6.23. The Hall–Kier alpha value is 0.676. The normalized spacial score (nSPS) is 24.9. The van der Waals surface area contributed by atoms with Gasteiger partial charge in [0, 0.05) is 0 Å². The first-order valence-electron chi connectivity index (χ1n) is 13.5. The molecule has 0 radical (unpaired) electrons. The zero-order chi connectivity index (χ0) is 23.2. The number of hydrogen-bond donors (Lipinski definition) is 0. The molecule has 1 spiro atoms. The van der Waals surface area contributed by atoms with Gasteiger partial charge >= 0.3 is 201 Å². The zero-order valence-electron chi connectivity index (χ0n) is 22.4. The molecule has 4 heteroatoms. The molecule has 0 amide bonds. The molecule has 31 heavy (non-hydrogen) atoms. The molecule has 2 aliphatic rings. The summed E-state index contributed by atoms with van der Waals surface area (Å²) in [4.78, 5) is 0. The molecule has 0 N–H and O–H groups in total. The van der Waals surface area contributed by atoms with E-state index in [1.165, 1.54) is 51.4 Å². The fourth-order valence-electron chi connectivity index (χ4n) is 6.05. The molecule has 182 valence electrons. The molecule has 0 aromatic carbocycles. The second kappa shape index (κ2) is 11.9. The van der Waals surface area contributed by atoms with Crippen LogP contribution in [-0.2, 0) is 9.47 Å². The van der Waals surface area contributed by atoms with Gasteiger partial charge in [0.2, 0.25) is 0 Å². The Kier molecular flexibility index (Phi) is 10.7. The summed E-state index contributed by atoms with van der Waals surface area (Å²) in [6, 6.07) is 0. The monoisotopic (exact) mass is 558 g/mol. The molecule has 2 fully saturated rings. The summed E-state index contributed by atoms with van der Waals surface area (Å²) < 4.78 is 19.0. The Balaban J connectivity index is 2.30. The van der Waals surface area contributed by atoms with Crippen LogP contribution in [0.25, 0.3) is 0 Å². The van der Waals surface area contributed by atoms with Gasteiger partial charge in [-0.05, 0) is 0 Å². The number of ether oxygens (including phenoxy) is 2. The van der Waals surface area contributed by atoms with Crippen molar-refractivity contribution in [2.45, 2.75) is 129 Å². The van der Waals surface area contributed by atoms with E-state index in [2.05, 4.69) is 60.0 Å². The molecule has 1 heterocycles. The van der Waals surface area contributed by atoms with E-state index in [9.17, 15) is 0 Å². The fraction of sp³-hybridized carbons (Fsp3) is 0.926. The molecule has 2 nitrogen and oxygen atoms in total. The molecule has 1 aliphatic heterocycles. The van der Waals surface area contributed by atoms with Gasteiger partial charge < -0.3 is 0 Å². The second-order valence-electron chi connectivity index (χ2n) is 12.7. The molecule has 1 unspecified atom stereocenters. The summed E-state index contributed by atoms with van der Waals surface area (Å²) in [6.07, 6.45) is 11.1. The summed E-state index contributed by atoms with van der Waals surface area (Å²) in [6.45, 7) is 20.7. The summed E-state index contributed by atoms with van der Waals surface area (Å²) in [5.74, 6) is 0.416. The third-order valence-electron chi connectivity index (χ3n) is 7.71. The van der Waals surface area contributed by atoms with Crippen molar-refractivity contribution in [1.82, 2.24) is 0 Å². The third kappa shape index (κ3) is 8.76. The molecule has 0 aromatic heterocycles. The molecule has 1 saturated heterocycles. The molecular formula is C27H54O2SiSn. The summed E-state index contributed by atoms with van der Waals surface area (Å²) in [5.41, 5.74) is 4.84. The Morgan fingerprint density at radius 1 is 0.903 bits per heavy atom. The van der Waals surface area contributed by atoms with E-state index in [1.54, 1.807) is 17.7 Å². The standard InChI is InChI=1S/C15H27O2Si.3C4H9.Sn/c1-12-7-15(8-13(12)9-18(4,5)6)10-16-14(2,3)17-11-15;3*1-3-4-2;/h9,12H,1,7-8,10-11H2,2-6H3;3*1,3-4H2,2H3;/b13-9-;;;;. The van der Waals surface area contributed by atoms with Crippen molar-refractivity contribution < 1.29 is 9.47 Å². The minimum atomic E-state index is -2.17. The number of hydrogen-bond acceptors (Lipinski definition) is 2. The van der Waals surface area contributed by atoms with Gasteiger partial charge in [-0.2, -0.15) is 0 Å². The van der Waals surface area contributed by atoms with Crippen LogP contribution in [0.2, 0.25) is 37.4 Å². The van der Waals surface area contributed by atoms with E-state index in [1.807, 2.05) is 5.57 Å². The average molecular weight is 558 g/mol. The SMILES string of the molecule is CCC[CH2][Sn]([CH2]CCC)([CH2]CCC)[CH2]C1CC2(COC(C)(C)OC2)C/C1=C/[Si](C)(C)C. The van der Waals surface area contributed by atoms with E-state index < -0.39 is 32.2 Å². The molecule has 1 aliphatic carbocycles. The van der Waals surface area contributed by atoms with Gasteiger partial charge in [0.05, 0.1) is 0 Å². The van der Waals surface area contributed by atoms with Crippen LogP contribution in [0, 0.1) is 11.3 Å². The van der Waals surface area contributed by atoms with E-state index in [4.69, 9.17) is 9.47 Å². The summed E-state index contributed by atoms with van der Waals surface area (Å²) >= 11 is -2.17. The van der Waals surface area contributed by atoms with Crippen molar-refractivity contribution in [2.75, 3.05) is 13.2 Å². The number of unbranched alkanes of at least 4 members (excludes halogenated alkanes) is 3. The van der Waals surface area contributed by atoms with Gasteiger partial charge in [0.1, 0.15) is 0 Å². The summed E-state index contributed by atoms with van der Waals surface area (Å²) in [5, 5.41) is 0. The van der Waals surface area contributed by atoms with Crippen molar-refractivity contribution in [3.05, 3.63) is 11.3 Å². The van der Waals surface area contributed by atoms with Gasteiger partial charge in [-0.3, -0.25) is 0 Å². The van der Waals surface area contributed by atoms with E-state index in [0.717, 1.165) is 19.1 Å². The van der Waals surface area contributed by atoms with Crippen molar-refractivity contribution in [3.63, 3.8) is 0 Å². The van der Waals surface area contributed by atoms with E-state index >= 15 is 0 Å². The van der Waals surface area contributed by atoms with Gasteiger partial charge in [-0.25, -0.2) is 0 Å². The number of allylic oxidation sites excluding steroid dienone is 1. The van der Waals surface area contributed by atoms with Gasteiger partial charge in [0.15, 0.2) is 0 Å². The first-order valence-corrected chi connectivity index (χ1v) is 25.1. The van der Waals surface area contributed by atoms with Crippen molar-refractivity contribution in [1.29, 1.82) is 0 Å². The second-order valence-corrected chi connectivity index (χ2v) is 31.7. The van der Waals surface area contributed by atoms with Crippen molar-refractivity contribution in [3.8, 4) is 0 Å². The Bertz CT molecular complexity index is 547. The van der Waals surface area contributed by atoms with Crippen LogP contribution < -0.4 is 0 Å². The fourth-order valence-corrected chi connectivity index (χ4v) is 25.0. The zero-order valence-corrected chi connectivity index (χ0v) is 26.2.